The van der Waals surface area contributed by atoms with Crippen molar-refractivity contribution in [3.8, 4) is 0 Å². The summed E-state index contributed by atoms with van der Waals surface area (Å²) >= 11 is 0. The van der Waals surface area contributed by atoms with Gasteiger partial charge in [0.25, 0.3) is 0 Å². The highest BCUT2D eigenvalue weighted by Gasteiger charge is 2.27. The highest BCUT2D eigenvalue weighted by Crippen LogP contribution is 2.32. The molecular weight excluding hydrogens is 196 g/mol. The summed E-state index contributed by atoms with van der Waals surface area (Å²) in [6, 6.07) is 9.15. The van der Waals surface area contributed by atoms with Gasteiger partial charge in [-0.1, -0.05) is 18.2 Å². The van der Waals surface area contributed by atoms with Crippen LogP contribution in [-0.2, 0) is 6.54 Å². The summed E-state index contributed by atoms with van der Waals surface area (Å²) in [6.07, 6.45) is 4.93. The van der Waals surface area contributed by atoms with E-state index in [1.165, 1.54) is 29.3 Å². The predicted octanol–water partition coefficient (Wildman–Crippen LogP) is 3.06. The van der Waals surface area contributed by atoms with Crippen molar-refractivity contribution in [1.82, 2.24) is 10.3 Å². The lowest BCUT2D eigenvalue weighted by Gasteiger charge is -2.11. The van der Waals surface area contributed by atoms with Crippen LogP contribution < -0.4 is 5.32 Å². The van der Waals surface area contributed by atoms with Crippen molar-refractivity contribution >= 4 is 10.9 Å². The average Bonchev–Trinajstić information content (AvgIpc) is 3.08. The van der Waals surface area contributed by atoms with Crippen molar-refractivity contribution in [2.24, 2.45) is 5.92 Å². The fourth-order valence-corrected chi connectivity index (χ4v) is 2.31. The Morgan fingerprint density at radius 3 is 3.00 bits per heavy atom. The molecule has 1 unspecified atom stereocenters. The van der Waals surface area contributed by atoms with E-state index in [-0.39, 0.29) is 0 Å². The van der Waals surface area contributed by atoms with Gasteiger partial charge in [0, 0.05) is 29.7 Å². The van der Waals surface area contributed by atoms with Gasteiger partial charge in [0.05, 0.1) is 0 Å². The summed E-state index contributed by atoms with van der Waals surface area (Å²) in [5, 5.41) is 4.96. The molecule has 2 nitrogen and oxygen atoms in total. The lowest BCUT2D eigenvalue weighted by molar-refractivity contribution is 0.497. The Hall–Kier alpha value is -1.28. The summed E-state index contributed by atoms with van der Waals surface area (Å²) in [5.41, 5.74) is 2.61. The molecule has 2 heteroatoms. The molecule has 0 amide bonds. The number of hydrogen-bond acceptors (Lipinski definition) is 1. The van der Waals surface area contributed by atoms with Gasteiger partial charge in [-0.15, -0.1) is 0 Å². The normalized spacial score (nSPS) is 17.8. The molecule has 1 saturated carbocycles. The molecule has 0 saturated heterocycles. The summed E-state index contributed by atoms with van der Waals surface area (Å²) in [4.78, 5) is 3.32. The van der Waals surface area contributed by atoms with Crippen molar-refractivity contribution in [3.63, 3.8) is 0 Å². The third-order valence-corrected chi connectivity index (χ3v) is 3.62. The van der Waals surface area contributed by atoms with Crippen LogP contribution >= 0.6 is 0 Å². The number of nitrogens with one attached hydrogen (secondary N) is 2. The number of aromatic nitrogens is 1. The molecule has 2 N–H and O–H groups in total. The molecule has 0 aliphatic heterocycles. The van der Waals surface area contributed by atoms with Gasteiger partial charge < -0.3 is 10.3 Å². The quantitative estimate of drug-likeness (QED) is 0.804. The first kappa shape index (κ1) is 9.91. The van der Waals surface area contributed by atoms with Gasteiger partial charge >= 0.3 is 0 Å². The number of benzene rings is 1. The largest absolute Gasteiger partial charge is 0.361 e. The molecule has 3 rings (SSSR count). The maximum atomic E-state index is 3.62. The minimum absolute atomic E-state index is 0.661. The molecule has 0 bridgehead atoms. The molecule has 1 aromatic carbocycles. The summed E-state index contributed by atoms with van der Waals surface area (Å²) in [5.74, 6) is 0.921. The van der Waals surface area contributed by atoms with Crippen LogP contribution in [0.25, 0.3) is 10.9 Å². The zero-order chi connectivity index (χ0) is 11.0. The number of hydrogen-bond donors (Lipinski definition) is 2. The Morgan fingerprint density at radius 2 is 2.19 bits per heavy atom. The number of rotatable bonds is 4. The van der Waals surface area contributed by atoms with Crippen LogP contribution in [0.1, 0.15) is 25.3 Å². The molecule has 1 fully saturated rings. The first-order chi connectivity index (χ1) is 7.84. The number of para-hydroxylation sites is 1. The zero-order valence-electron chi connectivity index (χ0n) is 9.66. The van der Waals surface area contributed by atoms with Crippen LogP contribution in [0.2, 0.25) is 0 Å². The summed E-state index contributed by atoms with van der Waals surface area (Å²) < 4.78 is 0. The Balaban J connectivity index is 1.73. The van der Waals surface area contributed by atoms with Crippen molar-refractivity contribution < 1.29 is 0 Å². The monoisotopic (exact) mass is 214 g/mol. The Labute approximate surface area is 96.1 Å². The molecule has 1 aromatic heterocycles. The fraction of sp³-hybridized carbons (Fsp3) is 0.429. The maximum absolute atomic E-state index is 3.62. The van der Waals surface area contributed by atoms with E-state index in [4.69, 9.17) is 0 Å². The van der Waals surface area contributed by atoms with Crippen LogP contribution in [-0.4, -0.2) is 11.0 Å². The second-order valence-corrected chi connectivity index (χ2v) is 4.87. The third-order valence-electron chi connectivity index (χ3n) is 3.62. The van der Waals surface area contributed by atoms with Crippen LogP contribution in [0.3, 0.4) is 0 Å². The highest BCUT2D eigenvalue weighted by molar-refractivity contribution is 5.82. The van der Waals surface area contributed by atoms with E-state index in [0.29, 0.717) is 6.04 Å². The molecular formula is C14H18N2. The Morgan fingerprint density at radius 1 is 1.38 bits per heavy atom. The number of fused-ring (bicyclic) bond motifs is 1. The Kier molecular flexibility index (Phi) is 2.44. The van der Waals surface area contributed by atoms with Gasteiger partial charge in [-0.05, 0) is 37.3 Å². The van der Waals surface area contributed by atoms with Crippen molar-refractivity contribution in [1.29, 1.82) is 0 Å². The Bertz CT molecular complexity index is 482. The van der Waals surface area contributed by atoms with Gasteiger partial charge in [0.1, 0.15) is 0 Å². The van der Waals surface area contributed by atoms with Crippen LogP contribution in [0.4, 0.5) is 0 Å². The molecule has 1 atom stereocenters. The topological polar surface area (TPSA) is 27.8 Å². The molecule has 1 heterocycles. The van der Waals surface area contributed by atoms with Gasteiger partial charge in [0.2, 0.25) is 0 Å². The average molecular weight is 214 g/mol. The van der Waals surface area contributed by atoms with Gasteiger partial charge in [-0.25, -0.2) is 0 Å². The van der Waals surface area contributed by atoms with Crippen LogP contribution in [0.15, 0.2) is 30.5 Å². The number of aromatic amines is 1. The van der Waals surface area contributed by atoms with E-state index in [0.717, 1.165) is 12.5 Å². The van der Waals surface area contributed by atoms with Gasteiger partial charge in [-0.3, -0.25) is 0 Å². The second kappa shape index (κ2) is 3.95. The standard InChI is InChI=1S/C14H18N2/c1-10(11-6-7-11)15-8-12-9-16-14-5-3-2-4-13(12)14/h2-5,9-11,15-16H,6-8H2,1H3. The number of H-pyrrole nitrogens is 1. The zero-order valence-corrected chi connectivity index (χ0v) is 9.66. The lowest BCUT2D eigenvalue weighted by atomic mass is 10.1. The van der Waals surface area contributed by atoms with E-state index in [2.05, 4.69) is 47.7 Å². The van der Waals surface area contributed by atoms with E-state index in [1.54, 1.807) is 0 Å². The van der Waals surface area contributed by atoms with Crippen molar-refractivity contribution in [3.05, 3.63) is 36.0 Å². The van der Waals surface area contributed by atoms with Crippen LogP contribution in [0.5, 0.6) is 0 Å². The maximum Gasteiger partial charge on any atom is 0.0457 e. The molecule has 16 heavy (non-hydrogen) atoms. The third kappa shape index (κ3) is 1.85. The predicted molar refractivity (Wildman–Crippen MR) is 67.3 cm³/mol. The van der Waals surface area contributed by atoms with Crippen LogP contribution in [0, 0.1) is 5.92 Å². The first-order valence-electron chi connectivity index (χ1n) is 6.13. The second-order valence-electron chi connectivity index (χ2n) is 4.87. The first-order valence-corrected chi connectivity index (χ1v) is 6.13. The highest BCUT2D eigenvalue weighted by atomic mass is 14.9. The smallest absolute Gasteiger partial charge is 0.0457 e. The SMILES string of the molecule is CC(NCc1c[nH]c2ccccc12)C1CC1. The molecule has 1 aliphatic rings. The molecule has 2 aromatic rings. The van der Waals surface area contributed by atoms with Gasteiger partial charge in [0.15, 0.2) is 0 Å². The van der Waals surface area contributed by atoms with E-state index in [9.17, 15) is 0 Å². The summed E-state index contributed by atoms with van der Waals surface area (Å²) in [6.45, 7) is 3.27. The summed E-state index contributed by atoms with van der Waals surface area (Å²) in [7, 11) is 0. The molecule has 1 aliphatic carbocycles. The van der Waals surface area contributed by atoms with E-state index in [1.807, 2.05) is 0 Å². The molecule has 84 valence electrons. The molecule has 0 radical (unpaired) electrons. The van der Waals surface area contributed by atoms with Gasteiger partial charge in [-0.2, -0.15) is 0 Å². The molecule has 0 spiro atoms. The lowest BCUT2D eigenvalue weighted by Crippen LogP contribution is -2.27. The van der Waals surface area contributed by atoms with E-state index < -0.39 is 0 Å². The minimum Gasteiger partial charge on any atom is -0.361 e. The van der Waals surface area contributed by atoms with E-state index >= 15 is 0 Å². The minimum atomic E-state index is 0.661. The van der Waals surface area contributed by atoms with Crippen molar-refractivity contribution in [2.75, 3.05) is 0 Å². The van der Waals surface area contributed by atoms with Crippen molar-refractivity contribution in [2.45, 2.75) is 32.4 Å². The fourth-order valence-electron chi connectivity index (χ4n) is 2.31.